The van der Waals surface area contributed by atoms with E-state index < -0.39 is 6.61 Å². The topological polar surface area (TPSA) is 48.8 Å². The van der Waals surface area contributed by atoms with Gasteiger partial charge in [0.05, 0.1) is 5.56 Å². The van der Waals surface area contributed by atoms with Crippen LogP contribution in [0.15, 0.2) is 60.7 Å². The number of benzene rings is 2. The number of para-hydroxylation sites is 1. The number of alkyl halides is 2. The van der Waals surface area contributed by atoms with Gasteiger partial charge in [-0.3, -0.25) is 0 Å². The second-order valence-corrected chi connectivity index (χ2v) is 5.56. The van der Waals surface area contributed by atoms with Gasteiger partial charge in [-0.2, -0.15) is 14.0 Å². The van der Waals surface area contributed by atoms with Crippen LogP contribution in [0.1, 0.15) is 5.56 Å². The highest BCUT2D eigenvalue weighted by Gasteiger charge is 2.16. The third-order valence-electron chi connectivity index (χ3n) is 3.62. The van der Waals surface area contributed by atoms with E-state index in [9.17, 15) is 14.0 Å². The summed E-state index contributed by atoms with van der Waals surface area (Å²) in [6, 6.07) is 19.5. The molecule has 0 aliphatic rings. The van der Waals surface area contributed by atoms with Gasteiger partial charge in [0.2, 0.25) is 0 Å². The first-order valence-corrected chi connectivity index (χ1v) is 7.78. The van der Waals surface area contributed by atoms with E-state index in [0.29, 0.717) is 16.8 Å². The third-order valence-corrected chi connectivity index (χ3v) is 3.93. The lowest BCUT2D eigenvalue weighted by Crippen LogP contribution is -2.03. The highest BCUT2D eigenvalue weighted by atomic mass is 32.1. The Morgan fingerprint density at radius 1 is 1.00 bits per heavy atom. The van der Waals surface area contributed by atoms with Crippen LogP contribution in [0.3, 0.4) is 0 Å². The van der Waals surface area contributed by atoms with Crippen LogP contribution in [0, 0.1) is 16.0 Å². The number of ether oxygens (including phenoxy) is 1. The van der Waals surface area contributed by atoms with E-state index in [4.69, 9.17) is 12.2 Å². The summed E-state index contributed by atoms with van der Waals surface area (Å²) in [7, 11) is 0. The van der Waals surface area contributed by atoms with Gasteiger partial charge >= 0.3 is 6.61 Å². The molecule has 0 aliphatic heterocycles. The summed E-state index contributed by atoms with van der Waals surface area (Å²) < 4.78 is 30.3. The van der Waals surface area contributed by atoms with Crippen molar-refractivity contribution in [3.63, 3.8) is 0 Å². The highest BCUT2D eigenvalue weighted by Crippen LogP contribution is 2.35. The summed E-state index contributed by atoms with van der Waals surface area (Å²) >= 11 is 5.29. The number of pyridine rings is 1. The zero-order chi connectivity index (χ0) is 17.8. The fourth-order valence-electron chi connectivity index (χ4n) is 2.54. The summed E-state index contributed by atoms with van der Waals surface area (Å²) in [5.74, 6) is -0.00592. The van der Waals surface area contributed by atoms with E-state index in [1.165, 1.54) is 6.07 Å². The number of nitriles is 1. The first kappa shape index (κ1) is 16.8. The molecule has 0 radical (unpaired) electrons. The van der Waals surface area contributed by atoms with Crippen molar-refractivity contribution < 1.29 is 13.5 Å². The lowest BCUT2D eigenvalue weighted by Gasteiger charge is -2.13. The number of rotatable bonds is 4. The van der Waals surface area contributed by atoms with Crippen LogP contribution in [-0.2, 0) is 0 Å². The second kappa shape index (κ2) is 7.24. The SMILES string of the molecule is N#Cc1c(-c2ccccc2OC(F)F)cc(-c2ccccc2)[nH]c1=S. The Morgan fingerprint density at radius 3 is 2.36 bits per heavy atom. The summed E-state index contributed by atoms with van der Waals surface area (Å²) in [5.41, 5.74) is 2.59. The van der Waals surface area contributed by atoms with Gasteiger partial charge < -0.3 is 9.72 Å². The summed E-state index contributed by atoms with van der Waals surface area (Å²) in [4.78, 5) is 3.02. The molecule has 3 nitrogen and oxygen atoms in total. The Morgan fingerprint density at radius 2 is 1.68 bits per heavy atom. The minimum atomic E-state index is -2.96. The number of nitrogens with one attached hydrogen (secondary N) is 1. The Hall–Kier alpha value is -3.04. The van der Waals surface area contributed by atoms with Crippen molar-refractivity contribution in [1.29, 1.82) is 5.26 Å². The molecule has 6 heteroatoms. The summed E-state index contributed by atoms with van der Waals surface area (Å²) in [6.45, 7) is -2.96. The van der Waals surface area contributed by atoms with E-state index in [2.05, 4.69) is 9.72 Å². The van der Waals surface area contributed by atoms with Gasteiger partial charge in [-0.25, -0.2) is 0 Å². The van der Waals surface area contributed by atoms with Crippen LogP contribution in [0.4, 0.5) is 8.78 Å². The molecule has 0 atom stereocenters. The standard InChI is InChI=1S/C19H12F2N2OS/c20-19(21)24-17-9-5-4-8-13(17)14-10-16(12-6-2-1-3-7-12)23-18(25)15(14)11-22/h1-10,19H,(H,23,25). The molecule has 0 unspecified atom stereocenters. The quantitative estimate of drug-likeness (QED) is 0.625. The molecule has 1 aromatic heterocycles. The van der Waals surface area contributed by atoms with Gasteiger partial charge in [-0.15, -0.1) is 0 Å². The first-order chi connectivity index (χ1) is 12.1. The Balaban J connectivity index is 2.25. The van der Waals surface area contributed by atoms with E-state index >= 15 is 0 Å². The van der Waals surface area contributed by atoms with Crippen molar-refractivity contribution in [3.05, 3.63) is 70.9 Å². The monoisotopic (exact) mass is 354 g/mol. The Labute approximate surface area is 148 Å². The molecule has 0 saturated heterocycles. The Kier molecular flexibility index (Phi) is 4.87. The average molecular weight is 354 g/mol. The third kappa shape index (κ3) is 3.57. The zero-order valence-corrected chi connectivity index (χ0v) is 13.7. The number of nitrogens with zero attached hydrogens (tertiary/aromatic N) is 1. The van der Waals surface area contributed by atoms with Crippen LogP contribution in [-0.4, -0.2) is 11.6 Å². The molecule has 0 bridgehead atoms. The minimum Gasteiger partial charge on any atom is -0.434 e. The molecule has 1 heterocycles. The first-order valence-electron chi connectivity index (χ1n) is 7.37. The zero-order valence-electron chi connectivity index (χ0n) is 12.9. The van der Waals surface area contributed by atoms with Crippen molar-refractivity contribution in [2.45, 2.75) is 6.61 Å². The Bertz CT molecular complexity index is 994. The van der Waals surface area contributed by atoms with Crippen LogP contribution in [0.25, 0.3) is 22.4 Å². The predicted octanol–water partition coefficient (Wildman–Crippen LogP) is 5.55. The molecule has 2 aromatic carbocycles. The van der Waals surface area contributed by atoms with Crippen LogP contribution in [0.2, 0.25) is 0 Å². The lowest BCUT2D eigenvalue weighted by molar-refractivity contribution is -0.0494. The van der Waals surface area contributed by atoms with Crippen molar-refractivity contribution in [1.82, 2.24) is 4.98 Å². The fourth-order valence-corrected chi connectivity index (χ4v) is 2.81. The summed E-state index contributed by atoms with van der Waals surface area (Å²) in [6.07, 6.45) is 0. The molecule has 25 heavy (non-hydrogen) atoms. The van der Waals surface area contributed by atoms with Crippen molar-refractivity contribution in [2.24, 2.45) is 0 Å². The highest BCUT2D eigenvalue weighted by molar-refractivity contribution is 7.71. The number of hydrogen-bond acceptors (Lipinski definition) is 3. The number of hydrogen-bond donors (Lipinski definition) is 1. The number of aromatic amines is 1. The van der Waals surface area contributed by atoms with Crippen molar-refractivity contribution >= 4 is 12.2 Å². The smallest absolute Gasteiger partial charge is 0.387 e. The van der Waals surface area contributed by atoms with E-state index in [-0.39, 0.29) is 16.0 Å². The molecule has 124 valence electrons. The molecule has 3 aromatic rings. The second-order valence-electron chi connectivity index (χ2n) is 5.15. The van der Waals surface area contributed by atoms with Crippen LogP contribution < -0.4 is 4.74 Å². The van der Waals surface area contributed by atoms with Crippen LogP contribution >= 0.6 is 12.2 Å². The maximum absolute atomic E-state index is 12.7. The minimum absolute atomic E-state index is 0.00592. The largest absolute Gasteiger partial charge is 0.434 e. The normalized spacial score (nSPS) is 10.5. The molecular weight excluding hydrogens is 342 g/mol. The molecular formula is C19H12F2N2OS. The number of H-pyrrole nitrogens is 1. The molecule has 0 amide bonds. The van der Waals surface area contributed by atoms with Gasteiger partial charge in [0.1, 0.15) is 16.5 Å². The van der Waals surface area contributed by atoms with Crippen LogP contribution in [0.5, 0.6) is 5.75 Å². The lowest BCUT2D eigenvalue weighted by atomic mass is 9.98. The molecule has 0 spiro atoms. The molecule has 0 aliphatic carbocycles. The maximum atomic E-state index is 12.7. The molecule has 3 rings (SSSR count). The van der Waals surface area contributed by atoms with Gasteiger partial charge in [-0.05, 0) is 17.7 Å². The van der Waals surface area contributed by atoms with Gasteiger partial charge in [0, 0.05) is 16.8 Å². The van der Waals surface area contributed by atoms with Gasteiger partial charge in [0.15, 0.2) is 0 Å². The van der Waals surface area contributed by atoms with E-state index in [1.807, 2.05) is 36.4 Å². The molecule has 0 saturated carbocycles. The van der Waals surface area contributed by atoms with Gasteiger partial charge in [-0.1, -0.05) is 60.7 Å². The molecule has 0 fully saturated rings. The summed E-state index contributed by atoms with van der Waals surface area (Å²) in [5, 5.41) is 9.47. The predicted molar refractivity (Wildman–Crippen MR) is 93.8 cm³/mol. The van der Waals surface area contributed by atoms with E-state index in [1.54, 1.807) is 24.3 Å². The van der Waals surface area contributed by atoms with E-state index in [0.717, 1.165) is 5.56 Å². The fraction of sp³-hybridized carbons (Fsp3) is 0.0526. The van der Waals surface area contributed by atoms with Crippen molar-refractivity contribution in [3.8, 4) is 34.2 Å². The average Bonchev–Trinajstić information content (AvgIpc) is 2.62. The van der Waals surface area contributed by atoms with Crippen molar-refractivity contribution in [2.75, 3.05) is 0 Å². The molecule has 1 N–H and O–H groups in total. The maximum Gasteiger partial charge on any atom is 0.387 e. The number of aromatic nitrogens is 1. The number of halogens is 2. The van der Waals surface area contributed by atoms with Gasteiger partial charge in [0.25, 0.3) is 0 Å².